The van der Waals surface area contributed by atoms with E-state index in [1.807, 2.05) is 23.1 Å². The van der Waals surface area contributed by atoms with Crippen molar-refractivity contribution in [1.29, 1.82) is 0 Å². The normalized spacial score (nSPS) is 26.6. The van der Waals surface area contributed by atoms with Gasteiger partial charge >= 0.3 is 0 Å². The predicted octanol–water partition coefficient (Wildman–Crippen LogP) is 0.0977. The van der Waals surface area contributed by atoms with Crippen LogP contribution in [0.4, 0.5) is 0 Å². The van der Waals surface area contributed by atoms with Crippen LogP contribution in [0.25, 0.3) is 0 Å². The van der Waals surface area contributed by atoms with Crippen LogP contribution < -0.4 is 5.32 Å². The Balaban J connectivity index is 1.47. The highest BCUT2D eigenvalue weighted by Crippen LogP contribution is 2.17. The van der Waals surface area contributed by atoms with E-state index in [9.17, 15) is 9.90 Å². The Kier molecular flexibility index (Phi) is 4.76. The van der Waals surface area contributed by atoms with Crippen LogP contribution >= 0.6 is 0 Å². The van der Waals surface area contributed by atoms with Gasteiger partial charge in [-0.2, -0.15) is 0 Å². The molecule has 0 radical (unpaired) electrons. The van der Waals surface area contributed by atoms with Crippen LogP contribution in [-0.4, -0.2) is 72.2 Å². The van der Waals surface area contributed by atoms with E-state index in [0.717, 1.165) is 39.0 Å². The molecule has 120 valence electrons. The summed E-state index contributed by atoms with van der Waals surface area (Å²) in [5, 5.41) is 13.6. The van der Waals surface area contributed by atoms with Crippen LogP contribution in [-0.2, 0) is 11.2 Å². The van der Waals surface area contributed by atoms with Crippen molar-refractivity contribution in [2.45, 2.75) is 18.4 Å². The number of carbonyl (C=O) groups is 1. The molecule has 0 aliphatic carbocycles. The number of aliphatic hydroxyl groups is 1. The Morgan fingerprint density at radius 1 is 1.23 bits per heavy atom. The zero-order valence-corrected chi connectivity index (χ0v) is 13.0. The quantitative estimate of drug-likeness (QED) is 0.810. The fourth-order valence-electron chi connectivity index (χ4n) is 3.32. The van der Waals surface area contributed by atoms with Gasteiger partial charge in [-0.3, -0.25) is 9.69 Å². The van der Waals surface area contributed by atoms with E-state index in [2.05, 4.69) is 22.3 Å². The van der Waals surface area contributed by atoms with E-state index < -0.39 is 5.60 Å². The minimum atomic E-state index is -0.660. The van der Waals surface area contributed by atoms with Crippen molar-refractivity contribution in [3.05, 3.63) is 35.9 Å². The van der Waals surface area contributed by atoms with Crippen molar-refractivity contribution in [2.75, 3.05) is 45.8 Å². The van der Waals surface area contributed by atoms with Gasteiger partial charge in [-0.25, -0.2) is 0 Å². The molecule has 0 aromatic heterocycles. The molecule has 5 heteroatoms. The summed E-state index contributed by atoms with van der Waals surface area (Å²) in [6.45, 7) is 4.91. The van der Waals surface area contributed by atoms with Gasteiger partial charge in [-0.15, -0.1) is 0 Å². The SMILES string of the molecule is O=C1CN(C[C@]2(O)CCNC2)CCN1CCc1ccccc1. The molecule has 0 saturated carbocycles. The van der Waals surface area contributed by atoms with Crippen LogP contribution in [0.3, 0.4) is 0 Å². The summed E-state index contributed by atoms with van der Waals surface area (Å²) in [6, 6.07) is 10.3. The Morgan fingerprint density at radius 2 is 2.05 bits per heavy atom. The summed E-state index contributed by atoms with van der Waals surface area (Å²) in [7, 11) is 0. The number of carbonyl (C=O) groups excluding carboxylic acids is 1. The first-order chi connectivity index (χ1) is 10.6. The van der Waals surface area contributed by atoms with Gasteiger partial charge in [0.15, 0.2) is 0 Å². The molecule has 2 aliphatic heterocycles. The predicted molar refractivity (Wildman–Crippen MR) is 85.6 cm³/mol. The van der Waals surface area contributed by atoms with E-state index in [1.165, 1.54) is 5.56 Å². The zero-order chi connectivity index (χ0) is 15.4. The average molecular weight is 303 g/mol. The molecule has 5 nitrogen and oxygen atoms in total. The third-order valence-corrected chi connectivity index (χ3v) is 4.65. The number of amides is 1. The smallest absolute Gasteiger partial charge is 0.236 e. The Hall–Kier alpha value is -1.43. The molecule has 2 N–H and O–H groups in total. The lowest BCUT2D eigenvalue weighted by Crippen LogP contribution is -2.55. The molecule has 2 aliphatic rings. The molecule has 0 spiro atoms. The van der Waals surface area contributed by atoms with Crippen molar-refractivity contribution < 1.29 is 9.90 Å². The average Bonchev–Trinajstić information content (AvgIpc) is 2.94. The van der Waals surface area contributed by atoms with Gasteiger partial charge in [-0.05, 0) is 24.9 Å². The highest BCUT2D eigenvalue weighted by Gasteiger charge is 2.35. The van der Waals surface area contributed by atoms with E-state index in [0.29, 0.717) is 19.6 Å². The third kappa shape index (κ3) is 3.85. The number of hydrogen-bond donors (Lipinski definition) is 2. The number of benzene rings is 1. The lowest BCUT2D eigenvalue weighted by molar-refractivity contribution is -0.137. The standard InChI is InChI=1S/C17H25N3O2/c21-16-12-19(14-17(22)7-8-18-13-17)10-11-20(16)9-6-15-4-2-1-3-5-15/h1-5,18,22H,6-14H2/t17-/m0/s1. The topological polar surface area (TPSA) is 55.8 Å². The number of hydrogen-bond acceptors (Lipinski definition) is 4. The van der Waals surface area contributed by atoms with Crippen molar-refractivity contribution >= 4 is 5.91 Å². The molecular formula is C17H25N3O2. The van der Waals surface area contributed by atoms with Gasteiger partial charge in [-0.1, -0.05) is 30.3 Å². The van der Waals surface area contributed by atoms with Gasteiger partial charge < -0.3 is 15.3 Å². The summed E-state index contributed by atoms with van der Waals surface area (Å²) >= 11 is 0. The Bertz CT molecular complexity index is 500. The maximum atomic E-state index is 12.3. The summed E-state index contributed by atoms with van der Waals surface area (Å²) in [5.41, 5.74) is 0.607. The molecular weight excluding hydrogens is 278 g/mol. The number of β-amino-alcohol motifs (C(OH)–C–C–N with tert-alkyl or cyclic N) is 1. The summed E-state index contributed by atoms with van der Waals surface area (Å²) in [5.74, 6) is 0.178. The maximum Gasteiger partial charge on any atom is 0.236 e. The Morgan fingerprint density at radius 3 is 2.73 bits per heavy atom. The van der Waals surface area contributed by atoms with E-state index >= 15 is 0 Å². The first-order valence-electron chi connectivity index (χ1n) is 8.12. The highest BCUT2D eigenvalue weighted by molar-refractivity contribution is 5.79. The molecule has 1 aromatic carbocycles. The van der Waals surface area contributed by atoms with Crippen LogP contribution in [0, 0.1) is 0 Å². The minimum Gasteiger partial charge on any atom is -0.387 e. The second kappa shape index (κ2) is 6.77. The fraction of sp³-hybridized carbons (Fsp3) is 0.588. The fourth-order valence-corrected chi connectivity index (χ4v) is 3.32. The molecule has 3 rings (SSSR count). The third-order valence-electron chi connectivity index (χ3n) is 4.65. The molecule has 2 heterocycles. The van der Waals surface area contributed by atoms with Gasteiger partial charge in [0.2, 0.25) is 5.91 Å². The monoisotopic (exact) mass is 303 g/mol. The van der Waals surface area contributed by atoms with Gasteiger partial charge in [0, 0.05) is 32.7 Å². The van der Waals surface area contributed by atoms with Crippen LogP contribution in [0.2, 0.25) is 0 Å². The van der Waals surface area contributed by atoms with Crippen molar-refractivity contribution in [3.8, 4) is 0 Å². The zero-order valence-electron chi connectivity index (χ0n) is 13.0. The first kappa shape index (κ1) is 15.5. The maximum absolute atomic E-state index is 12.3. The van der Waals surface area contributed by atoms with Gasteiger partial charge in [0.1, 0.15) is 0 Å². The van der Waals surface area contributed by atoms with Crippen LogP contribution in [0.5, 0.6) is 0 Å². The molecule has 1 aromatic rings. The second-order valence-corrected chi connectivity index (χ2v) is 6.48. The number of nitrogens with zero attached hydrogens (tertiary/aromatic N) is 2. The molecule has 2 saturated heterocycles. The number of nitrogens with one attached hydrogen (secondary N) is 1. The Labute approximate surface area is 131 Å². The molecule has 1 atom stereocenters. The molecule has 0 bridgehead atoms. The van der Waals surface area contributed by atoms with Crippen molar-refractivity contribution in [1.82, 2.24) is 15.1 Å². The molecule has 1 amide bonds. The summed E-state index contributed by atoms with van der Waals surface area (Å²) in [6.07, 6.45) is 1.68. The van der Waals surface area contributed by atoms with Crippen molar-refractivity contribution in [2.24, 2.45) is 0 Å². The van der Waals surface area contributed by atoms with Gasteiger partial charge in [0.05, 0.1) is 12.1 Å². The lowest BCUT2D eigenvalue weighted by atomic mass is 10.0. The number of rotatable bonds is 5. The van der Waals surface area contributed by atoms with Crippen molar-refractivity contribution in [3.63, 3.8) is 0 Å². The van der Waals surface area contributed by atoms with Crippen LogP contribution in [0.15, 0.2) is 30.3 Å². The summed E-state index contributed by atoms with van der Waals surface area (Å²) < 4.78 is 0. The van der Waals surface area contributed by atoms with E-state index in [1.54, 1.807) is 0 Å². The second-order valence-electron chi connectivity index (χ2n) is 6.48. The molecule has 2 fully saturated rings. The molecule has 22 heavy (non-hydrogen) atoms. The number of piperazine rings is 1. The lowest BCUT2D eigenvalue weighted by Gasteiger charge is -2.37. The van der Waals surface area contributed by atoms with E-state index in [4.69, 9.17) is 0 Å². The minimum absolute atomic E-state index is 0.178. The largest absolute Gasteiger partial charge is 0.387 e. The summed E-state index contributed by atoms with van der Waals surface area (Å²) in [4.78, 5) is 16.3. The molecule has 0 unspecified atom stereocenters. The highest BCUT2D eigenvalue weighted by atomic mass is 16.3. The first-order valence-corrected chi connectivity index (χ1v) is 8.12. The van der Waals surface area contributed by atoms with Gasteiger partial charge in [0.25, 0.3) is 0 Å². The van der Waals surface area contributed by atoms with E-state index in [-0.39, 0.29) is 5.91 Å². The van der Waals surface area contributed by atoms with Crippen LogP contribution in [0.1, 0.15) is 12.0 Å².